The highest BCUT2D eigenvalue weighted by molar-refractivity contribution is 7.99. The van der Waals surface area contributed by atoms with Crippen molar-refractivity contribution in [2.24, 2.45) is 0 Å². The molecule has 4 nitrogen and oxygen atoms in total. The summed E-state index contributed by atoms with van der Waals surface area (Å²) in [6.07, 6.45) is 3.73. The number of aryl methyl sites for hydroxylation is 2. The summed E-state index contributed by atoms with van der Waals surface area (Å²) in [4.78, 5) is 18.7. The maximum Gasteiger partial charge on any atom is 0.233 e. The fourth-order valence-electron chi connectivity index (χ4n) is 2.74. The number of carbonyl (C=O) groups is 1. The average Bonchev–Trinajstić information content (AvgIpc) is 3.11. The van der Waals surface area contributed by atoms with Crippen LogP contribution in [0.25, 0.3) is 5.69 Å². The number of hydrogen-bond donors (Lipinski definition) is 0. The van der Waals surface area contributed by atoms with E-state index in [2.05, 4.69) is 41.6 Å². The standard InChI is InChI=1S/C21H23N3OS/c1-16-9-10-17(2)19(13-16)24-12-11-22-21(24)26-15-20(25)23(3)14-18-7-5-4-6-8-18/h4-13H,14-15H2,1-3H3. The van der Waals surface area contributed by atoms with E-state index in [-0.39, 0.29) is 5.91 Å². The molecule has 0 N–H and O–H groups in total. The number of nitrogens with zero attached hydrogens (tertiary/aromatic N) is 3. The number of hydrogen-bond acceptors (Lipinski definition) is 3. The molecule has 0 aliphatic heterocycles. The molecular formula is C21H23N3OS. The first kappa shape index (κ1) is 18.3. The summed E-state index contributed by atoms with van der Waals surface area (Å²) < 4.78 is 2.05. The monoisotopic (exact) mass is 365 g/mol. The lowest BCUT2D eigenvalue weighted by atomic mass is 10.1. The second kappa shape index (κ2) is 8.23. The first-order chi connectivity index (χ1) is 12.5. The summed E-state index contributed by atoms with van der Waals surface area (Å²) in [5, 5.41) is 0.833. The number of aromatic nitrogens is 2. The molecule has 2 aromatic carbocycles. The van der Waals surface area contributed by atoms with Crippen molar-refractivity contribution in [3.05, 3.63) is 77.6 Å². The van der Waals surface area contributed by atoms with Crippen LogP contribution in [0, 0.1) is 13.8 Å². The van der Waals surface area contributed by atoms with Crippen molar-refractivity contribution in [1.82, 2.24) is 14.5 Å². The number of thioether (sulfide) groups is 1. The van der Waals surface area contributed by atoms with Crippen molar-refractivity contribution >= 4 is 17.7 Å². The van der Waals surface area contributed by atoms with Gasteiger partial charge in [0.2, 0.25) is 5.91 Å². The molecular weight excluding hydrogens is 342 g/mol. The van der Waals surface area contributed by atoms with E-state index in [9.17, 15) is 4.79 Å². The molecule has 0 fully saturated rings. The largest absolute Gasteiger partial charge is 0.341 e. The molecule has 0 saturated carbocycles. The third-order valence-corrected chi connectivity index (χ3v) is 5.20. The fourth-order valence-corrected chi connectivity index (χ4v) is 3.65. The van der Waals surface area contributed by atoms with Crippen molar-refractivity contribution in [3.63, 3.8) is 0 Å². The summed E-state index contributed by atoms with van der Waals surface area (Å²) in [5.41, 5.74) is 4.62. The van der Waals surface area contributed by atoms with Gasteiger partial charge in [-0.25, -0.2) is 4.98 Å². The fraction of sp³-hybridized carbons (Fsp3) is 0.238. The second-order valence-corrected chi connectivity index (χ2v) is 7.34. The number of rotatable bonds is 6. The summed E-state index contributed by atoms with van der Waals surface area (Å²) in [7, 11) is 1.84. The zero-order valence-corrected chi connectivity index (χ0v) is 16.2. The SMILES string of the molecule is Cc1ccc(C)c(-n2ccnc2SCC(=O)N(C)Cc2ccccc2)c1. The average molecular weight is 366 g/mol. The Hall–Kier alpha value is -2.53. The van der Waals surface area contributed by atoms with Crippen LogP contribution in [0.3, 0.4) is 0 Å². The van der Waals surface area contributed by atoms with Gasteiger partial charge in [0, 0.05) is 26.0 Å². The minimum atomic E-state index is 0.0920. The van der Waals surface area contributed by atoms with Gasteiger partial charge in [-0.1, -0.05) is 54.2 Å². The molecule has 3 aromatic rings. The van der Waals surface area contributed by atoms with Crippen LogP contribution in [0.4, 0.5) is 0 Å². The van der Waals surface area contributed by atoms with E-state index in [1.807, 2.05) is 43.6 Å². The van der Waals surface area contributed by atoms with Gasteiger partial charge in [-0.15, -0.1) is 0 Å². The Morgan fingerprint density at radius 3 is 2.69 bits per heavy atom. The Morgan fingerprint density at radius 1 is 1.15 bits per heavy atom. The van der Waals surface area contributed by atoms with Crippen LogP contribution in [-0.2, 0) is 11.3 Å². The summed E-state index contributed by atoms with van der Waals surface area (Å²) in [6, 6.07) is 16.4. The highest BCUT2D eigenvalue weighted by atomic mass is 32.2. The Labute approximate surface area is 158 Å². The number of amides is 1. The maximum atomic E-state index is 12.5. The van der Waals surface area contributed by atoms with Gasteiger partial charge >= 0.3 is 0 Å². The van der Waals surface area contributed by atoms with Gasteiger partial charge in [-0.05, 0) is 36.6 Å². The van der Waals surface area contributed by atoms with Gasteiger partial charge in [0.05, 0.1) is 11.4 Å². The summed E-state index contributed by atoms with van der Waals surface area (Å²) in [6.45, 7) is 4.78. The molecule has 0 unspecified atom stereocenters. The van der Waals surface area contributed by atoms with Gasteiger partial charge < -0.3 is 4.90 Å². The second-order valence-electron chi connectivity index (χ2n) is 6.39. The molecule has 0 bridgehead atoms. The predicted octanol–water partition coefficient (Wildman–Crippen LogP) is 4.24. The van der Waals surface area contributed by atoms with E-state index in [0.29, 0.717) is 12.3 Å². The van der Waals surface area contributed by atoms with E-state index in [4.69, 9.17) is 0 Å². The molecule has 3 rings (SSSR count). The van der Waals surface area contributed by atoms with Gasteiger partial charge in [-0.3, -0.25) is 9.36 Å². The smallest absolute Gasteiger partial charge is 0.233 e. The highest BCUT2D eigenvalue weighted by Gasteiger charge is 2.13. The molecule has 0 saturated heterocycles. The molecule has 5 heteroatoms. The highest BCUT2D eigenvalue weighted by Crippen LogP contribution is 2.24. The Bertz CT molecular complexity index is 889. The number of benzene rings is 2. The van der Waals surface area contributed by atoms with Gasteiger partial charge in [0.15, 0.2) is 5.16 Å². The lowest BCUT2D eigenvalue weighted by Gasteiger charge is -2.17. The first-order valence-corrected chi connectivity index (χ1v) is 9.55. The van der Waals surface area contributed by atoms with E-state index in [1.165, 1.54) is 22.9 Å². The van der Waals surface area contributed by atoms with Gasteiger partial charge in [-0.2, -0.15) is 0 Å². The van der Waals surface area contributed by atoms with E-state index >= 15 is 0 Å². The van der Waals surface area contributed by atoms with Crippen LogP contribution in [0.2, 0.25) is 0 Å². The van der Waals surface area contributed by atoms with Gasteiger partial charge in [0.25, 0.3) is 0 Å². The van der Waals surface area contributed by atoms with Crippen molar-refractivity contribution < 1.29 is 4.79 Å². The third-order valence-electron chi connectivity index (χ3n) is 4.24. The van der Waals surface area contributed by atoms with Crippen LogP contribution in [0.1, 0.15) is 16.7 Å². The van der Waals surface area contributed by atoms with E-state index < -0.39 is 0 Å². The maximum absolute atomic E-state index is 12.5. The molecule has 0 atom stereocenters. The van der Waals surface area contributed by atoms with E-state index in [0.717, 1.165) is 16.4 Å². The molecule has 0 spiro atoms. The zero-order chi connectivity index (χ0) is 18.5. The molecule has 0 aliphatic rings. The Balaban J connectivity index is 1.66. The quantitative estimate of drug-likeness (QED) is 0.613. The summed E-state index contributed by atoms with van der Waals surface area (Å²) in [5.74, 6) is 0.458. The van der Waals surface area contributed by atoms with Crippen LogP contribution in [0.15, 0.2) is 66.1 Å². The van der Waals surface area contributed by atoms with Crippen LogP contribution in [-0.4, -0.2) is 33.2 Å². The number of imidazole rings is 1. The summed E-state index contributed by atoms with van der Waals surface area (Å²) >= 11 is 1.47. The minimum absolute atomic E-state index is 0.0920. The Morgan fingerprint density at radius 2 is 1.92 bits per heavy atom. The molecule has 1 amide bonds. The first-order valence-electron chi connectivity index (χ1n) is 8.56. The van der Waals surface area contributed by atoms with Gasteiger partial charge in [0.1, 0.15) is 0 Å². The van der Waals surface area contributed by atoms with Crippen molar-refractivity contribution in [3.8, 4) is 5.69 Å². The molecule has 0 radical (unpaired) electrons. The molecule has 26 heavy (non-hydrogen) atoms. The van der Waals surface area contributed by atoms with Crippen molar-refractivity contribution in [1.29, 1.82) is 0 Å². The van der Waals surface area contributed by atoms with Crippen LogP contribution in [0.5, 0.6) is 0 Å². The lowest BCUT2D eigenvalue weighted by Crippen LogP contribution is -2.27. The van der Waals surface area contributed by atoms with Crippen molar-refractivity contribution in [2.75, 3.05) is 12.8 Å². The number of carbonyl (C=O) groups excluding carboxylic acids is 1. The topological polar surface area (TPSA) is 38.1 Å². The molecule has 1 aromatic heterocycles. The predicted molar refractivity (Wildman–Crippen MR) is 107 cm³/mol. The van der Waals surface area contributed by atoms with Crippen molar-refractivity contribution in [2.45, 2.75) is 25.5 Å². The molecule has 134 valence electrons. The minimum Gasteiger partial charge on any atom is -0.341 e. The normalized spacial score (nSPS) is 10.7. The third kappa shape index (κ3) is 4.35. The van der Waals surface area contributed by atoms with Crippen LogP contribution >= 0.6 is 11.8 Å². The zero-order valence-electron chi connectivity index (χ0n) is 15.3. The van der Waals surface area contributed by atoms with Crippen LogP contribution < -0.4 is 0 Å². The Kier molecular flexibility index (Phi) is 5.78. The van der Waals surface area contributed by atoms with E-state index in [1.54, 1.807) is 11.1 Å². The lowest BCUT2D eigenvalue weighted by molar-refractivity contribution is -0.127. The molecule has 1 heterocycles. The molecule has 0 aliphatic carbocycles.